The van der Waals surface area contributed by atoms with Gasteiger partial charge >= 0.3 is 0 Å². The molecule has 8 heteroatoms. The molecule has 0 bridgehead atoms. The molecule has 0 aliphatic carbocycles. The van der Waals surface area contributed by atoms with E-state index in [2.05, 4.69) is 24.1 Å². The number of amides is 2. The van der Waals surface area contributed by atoms with Crippen LogP contribution in [0.5, 0.6) is 0 Å². The lowest BCUT2D eigenvalue weighted by atomic mass is 9.95. The van der Waals surface area contributed by atoms with E-state index < -0.39 is 5.82 Å². The number of piperidine rings is 1. The Bertz CT molecular complexity index is 993. The minimum absolute atomic E-state index is 0.0239. The predicted octanol–water partition coefficient (Wildman–Crippen LogP) is 4.41. The molecule has 178 valence electrons. The van der Waals surface area contributed by atoms with E-state index in [9.17, 15) is 14.0 Å². The van der Waals surface area contributed by atoms with Crippen molar-refractivity contribution in [1.29, 1.82) is 0 Å². The molecule has 3 heterocycles. The van der Waals surface area contributed by atoms with Crippen LogP contribution in [-0.2, 0) is 4.74 Å². The molecule has 2 saturated heterocycles. The molecule has 0 saturated carbocycles. The molecule has 4 rings (SSSR count). The number of aryl methyl sites for hydroxylation is 1. The molecule has 2 atom stereocenters. The Labute approximate surface area is 198 Å². The molecule has 2 aliphatic rings. The summed E-state index contributed by atoms with van der Waals surface area (Å²) in [5, 5.41) is 3.38. The number of morpholine rings is 1. The molecule has 1 aromatic heterocycles. The number of rotatable bonds is 5. The van der Waals surface area contributed by atoms with E-state index in [0.29, 0.717) is 15.8 Å². The summed E-state index contributed by atoms with van der Waals surface area (Å²) >= 11 is 1.28. The zero-order valence-electron chi connectivity index (χ0n) is 19.5. The Morgan fingerprint density at radius 1 is 1.15 bits per heavy atom. The van der Waals surface area contributed by atoms with Crippen LogP contribution in [0.15, 0.2) is 30.3 Å². The van der Waals surface area contributed by atoms with Gasteiger partial charge in [-0.1, -0.05) is 6.07 Å². The molecule has 6 nitrogen and oxygen atoms in total. The number of halogens is 1. The van der Waals surface area contributed by atoms with Crippen LogP contribution in [0.3, 0.4) is 0 Å². The highest BCUT2D eigenvalue weighted by atomic mass is 32.1. The molecule has 2 amide bonds. The van der Waals surface area contributed by atoms with Crippen LogP contribution in [0.2, 0.25) is 0 Å². The first-order valence-electron chi connectivity index (χ1n) is 11.6. The van der Waals surface area contributed by atoms with Gasteiger partial charge in [-0.15, -0.1) is 11.3 Å². The average Bonchev–Trinajstić information content (AvgIpc) is 3.13. The minimum atomic E-state index is -0.457. The zero-order valence-corrected chi connectivity index (χ0v) is 20.3. The van der Waals surface area contributed by atoms with Crippen molar-refractivity contribution in [3.8, 4) is 0 Å². The van der Waals surface area contributed by atoms with Crippen molar-refractivity contribution in [2.75, 3.05) is 38.0 Å². The van der Waals surface area contributed by atoms with Crippen molar-refractivity contribution in [2.45, 2.75) is 45.8 Å². The molecular formula is C25H32FN3O3S. The molecule has 1 N–H and O–H groups in total. The maximum atomic E-state index is 13.4. The zero-order chi connectivity index (χ0) is 23.5. The molecule has 33 heavy (non-hydrogen) atoms. The predicted molar refractivity (Wildman–Crippen MR) is 128 cm³/mol. The Morgan fingerprint density at radius 2 is 1.85 bits per heavy atom. The summed E-state index contributed by atoms with van der Waals surface area (Å²) < 4.78 is 19.2. The lowest BCUT2D eigenvalue weighted by molar-refractivity contribution is -0.0728. The largest absolute Gasteiger partial charge is 0.373 e. The number of nitrogens with one attached hydrogen (secondary N) is 1. The third-order valence-electron chi connectivity index (χ3n) is 6.35. The number of likely N-dealkylation sites (tertiary alicyclic amines) is 1. The fourth-order valence-electron chi connectivity index (χ4n) is 4.83. The fraction of sp³-hybridized carbons (Fsp3) is 0.520. The first kappa shape index (κ1) is 23.9. The summed E-state index contributed by atoms with van der Waals surface area (Å²) in [6.07, 6.45) is 2.54. The van der Waals surface area contributed by atoms with E-state index in [1.54, 1.807) is 6.07 Å². The van der Waals surface area contributed by atoms with Gasteiger partial charge in [0.2, 0.25) is 0 Å². The number of anilines is 1. The van der Waals surface area contributed by atoms with Crippen molar-refractivity contribution in [1.82, 2.24) is 9.80 Å². The maximum Gasteiger partial charge on any atom is 0.264 e. The van der Waals surface area contributed by atoms with E-state index in [-0.39, 0.29) is 29.6 Å². The van der Waals surface area contributed by atoms with Crippen LogP contribution in [0.25, 0.3) is 0 Å². The number of carbonyl (C=O) groups is 2. The Balaban J connectivity index is 1.32. The average molecular weight is 474 g/mol. The van der Waals surface area contributed by atoms with Crippen molar-refractivity contribution < 1.29 is 18.7 Å². The lowest BCUT2D eigenvalue weighted by Crippen LogP contribution is -2.48. The van der Waals surface area contributed by atoms with E-state index in [0.717, 1.165) is 51.1 Å². The van der Waals surface area contributed by atoms with Crippen LogP contribution in [0, 0.1) is 18.7 Å². The van der Waals surface area contributed by atoms with E-state index in [1.165, 1.54) is 29.5 Å². The molecule has 2 fully saturated rings. The summed E-state index contributed by atoms with van der Waals surface area (Å²) in [5.74, 6) is -0.225. The molecule has 0 spiro atoms. The maximum absolute atomic E-state index is 13.4. The van der Waals surface area contributed by atoms with Gasteiger partial charge in [-0.2, -0.15) is 0 Å². The van der Waals surface area contributed by atoms with Gasteiger partial charge in [-0.05, 0) is 69.4 Å². The number of nitrogens with zero attached hydrogens (tertiary/aromatic N) is 2. The number of hydrogen-bond acceptors (Lipinski definition) is 5. The molecule has 2 aliphatic heterocycles. The second kappa shape index (κ2) is 10.3. The summed E-state index contributed by atoms with van der Waals surface area (Å²) in [4.78, 5) is 30.7. The summed E-state index contributed by atoms with van der Waals surface area (Å²) in [7, 11) is 0. The third-order valence-corrected chi connectivity index (χ3v) is 7.49. The number of carbonyl (C=O) groups excluding carboxylic acids is 2. The topological polar surface area (TPSA) is 61.9 Å². The second-order valence-corrected chi connectivity index (χ2v) is 10.4. The smallest absolute Gasteiger partial charge is 0.264 e. The Hall–Kier alpha value is -2.29. The molecule has 1 aromatic carbocycles. The van der Waals surface area contributed by atoms with Gasteiger partial charge < -0.3 is 15.0 Å². The highest BCUT2D eigenvalue weighted by Crippen LogP contribution is 2.30. The van der Waals surface area contributed by atoms with Crippen molar-refractivity contribution in [2.24, 2.45) is 5.92 Å². The normalized spacial score (nSPS) is 22.4. The van der Waals surface area contributed by atoms with Gasteiger partial charge in [0.15, 0.2) is 0 Å². The fourth-order valence-corrected chi connectivity index (χ4v) is 5.87. The number of ether oxygens (including phenoxy) is 1. The van der Waals surface area contributed by atoms with E-state index >= 15 is 0 Å². The number of benzene rings is 1. The van der Waals surface area contributed by atoms with E-state index in [4.69, 9.17) is 4.74 Å². The van der Waals surface area contributed by atoms with Gasteiger partial charge in [-0.25, -0.2) is 4.39 Å². The van der Waals surface area contributed by atoms with Crippen LogP contribution < -0.4 is 5.32 Å². The summed E-state index contributed by atoms with van der Waals surface area (Å²) in [6, 6.07) is 7.37. The van der Waals surface area contributed by atoms with Gasteiger partial charge in [0, 0.05) is 38.3 Å². The summed E-state index contributed by atoms with van der Waals surface area (Å²) in [5.41, 5.74) is 1.10. The first-order chi connectivity index (χ1) is 15.8. The Kier molecular flexibility index (Phi) is 7.46. The molecule has 2 aromatic rings. The molecule has 0 radical (unpaired) electrons. The number of hydrogen-bond donors (Lipinski definition) is 1. The van der Waals surface area contributed by atoms with Crippen molar-refractivity contribution in [3.05, 3.63) is 52.2 Å². The minimum Gasteiger partial charge on any atom is -0.373 e. The van der Waals surface area contributed by atoms with Crippen LogP contribution >= 0.6 is 11.3 Å². The van der Waals surface area contributed by atoms with Gasteiger partial charge in [0.05, 0.1) is 22.1 Å². The summed E-state index contributed by atoms with van der Waals surface area (Å²) in [6.45, 7) is 10.7. The SMILES string of the molecule is Cc1cc(NC(=O)c2cccc(F)c2)sc1C(=O)N1CCC(CN2CC(C)OC(C)C2)CC1. The Morgan fingerprint density at radius 3 is 2.52 bits per heavy atom. The van der Waals surface area contributed by atoms with Crippen molar-refractivity contribution in [3.63, 3.8) is 0 Å². The van der Waals surface area contributed by atoms with Crippen molar-refractivity contribution >= 4 is 28.2 Å². The monoisotopic (exact) mass is 473 g/mol. The van der Waals surface area contributed by atoms with Gasteiger partial charge in [0.25, 0.3) is 11.8 Å². The van der Waals surface area contributed by atoms with Gasteiger partial charge in [0.1, 0.15) is 5.82 Å². The first-order valence-corrected chi connectivity index (χ1v) is 12.4. The van der Waals surface area contributed by atoms with Crippen LogP contribution in [0.1, 0.15) is 52.3 Å². The second-order valence-electron chi connectivity index (χ2n) is 9.30. The third kappa shape index (κ3) is 5.99. The quantitative estimate of drug-likeness (QED) is 0.699. The van der Waals surface area contributed by atoms with E-state index in [1.807, 2.05) is 17.9 Å². The highest BCUT2D eigenvalue weighted by molar-refractivity contribution is 7.18. The number of thiophene rings is 1. The van der Waals surface area contributed by atoms with Gasteiger partial charge in [-0.3, -0.25) is 14.5 Å². The van der Waals surface area contributed by atoms with Crippen LogP contribution in [-0.4, -0.2) is 66.5 Å². The molecule has 2 unspecified atom stereocenters. The standard InChI is InChI=1S/C25H32FN3O3S/c1-16-11-22(27-24(30)20-5-4-6-21(26)12-20)33-23(16)25(31)29-9-7-19(8-10-29)15-28-13-17(2)32-18(3)14-28/h4-6,11-12,17-19H,7-10,13-15H2,1-3H3,(H,27,30). The molecular weight excluding hydrogens is 441 g/mol. The highest BCUT2D eigenvalue weighted by Gasteiger charge is 2.29. The lowest BCUT2D eigenvalue weighted by Gasteiger charge is -2.39. The van der Waals surface area contributed by atoms with Crippen LogP contribution in [0.4, 0.5) is 9.39 Å².